The summed E-state index contributed by atoms with van der Waals surface area (Å²) < 4.78 is 13.4. The number of carbonyl (C=O) groups is 2. The number of amides is 2. The molecule has 7 heteroatoms. The van der Waals surface area contributed by atoms with E-state index < -0.39 is 11.7 Å². The number of halogens is 2. The largest absolute Gasteiger partial charge is 0.351 e. The van der Waals surface area contributed by atoms with Gasteiger partial charge in [-0.2, -0.15) is 0 Å². The van der Waals surface area contributed by atoms with Gasteiger partial charge in [-0.25, -0.2) is 4.39 Å². The SMILES string of the molecule is O=C(CCNC(=O)c1cccs1)Nc1cc(Cl)ccc1F. The van der Waals surface area contributed by atoms with Crippen LogP contribution in [0.1, 0.15) is 16.1 Å². The zero-order valence-electron chi connectivity index (χ0n) is 10.9. The highest BCUT2D eigenvalue weighted by Crippen LogP contribution is 2.19. The maximum Gasteiger partial charge on any atom is 0.261 e. The molecule has 0 atom stereocenters. The van der Waals surface area contributed by atoms with Crippen LogP contribution in [0.15, 0.2) is 35.7 Å². The lowest BCUT2D eigenvalue weighted by atomic mass is 10.3. The van der Waals surface area contributed by atoms with Crippen LogP contribution in [0, 0.1) is 5.82 Å². The van der Waals surface area contributed by atoms with Gasteiger partial charge in [-0.1, -0.05) is 17.7 Å². The van der Waals surface area contributed by atoms with Crippen LogP contribution < -0.4 is 10.6 Å². The van der Waals surface area contributed by atoms with Crippen LogP contribution in [0.3, 0.4) is 0 Å². The van der Waals surface area contributed by atoms with Gasteiger partial charge in [-0.3, -0.25) is 9.59 Å². The highest BCUT2D eigenvalue weighted by molar-refractivity contribution is 7.12. The smallest absolute Gasteiger partial charge is 0.261 e. The molecule has 0 unspecified atom stereocenters. The van der Waals surface area contributed by atoms with Gasteiger partial charge in [0.25, 0.3) is 5.91 Å². The molecule has 1 aromatic heterocycles. The second-order valence-corrected chi connectivity index (χ2v) is 5.54. The predicted molar refractivity (Wildman–Crippen MR) is 81.3 cm³/mol. The van der Waals surface area contributed by atoms with E-state index in [1.165, 1.54) is 29.5 Å². The highest BCUT2D eigenvalue weighted by atomic mass is 35.5. The molecule has 0 saturated heterocycles. The van der Waals surface area contributed by atoms with Crippen LogP contribution in [0.25, 0.3) is 0 Å². The Morgan fingerprint density at radius 2 is 2.10 bits per heavy atom. The van der Waals surface area contributed by atoms with Gasteiger partial charge in [0.15, 0.2) is 0 Å². The van der Waals surface area contributed by atoms with Crippen LogP contribution in [0.5, 0.6) is 0 Å². The van der Waals surface area contributed by atoms with Gasteiger partial charge < -0.3 is 10.6 Å². The maximum atomic E-state index is 13.4. The van der Waals surface area contributed by atoms with Gasteiger partial charge in [-0.05, 0) is 29.6 Å². The molecule has 0 bridgehead atoms. The molecule has 0 spiro atoms. The fraction of sp³-hybridized carbons (Fsp3) is 0.143. The summed E-state index contributed by atoms with van der Waals surface area (Å²) in [6, 6.07) is 7.37. The number of hydrogen-bond acceptors (Lipinski definition) is 3. The van der Waals surface area contributed by atoms with Crippen LogP contribution in [-0.2, 0) is 4.79 Å². The first kappa shape index (κ1) is 15.5. The number of rotatable bonds is 5. The van der Waals surface area contributed by atoms with Gasteiger partial charge in [0, 0.05) is 18.0 Å². The summed E-state index contributed by atoms with van der Waals surface area (Å²) in [4.78, 5) is 23.9. The van der Waals surface area contributed by atoms with Gasteiger partial charge >= 0.3 is 0 Å². The van der Waals surface area contributed by atoms with Crippen molar-refractivity contribution in [2.24, 2.45) is 0 Å². The van der Waals surface area contributed by atoms with Crippen molar-refractivity contribution >= 4 is 40.4 Å². The number of benzene rings is 1. The van der Waals surface area contributed by atoms with E-state index in [0.717, 1.165) is 0 Å². The standard InChI is InChI=1S/C14H12ClFN2O2S/c15-9-3-4-10(16)11(8-9)18-13(19)5-6-17-14(20)12-2-1-7-21-12/h1-4,7-8H,5-6H2,(H,17,20)(H,18,19). The molecule has 2 aromatic rings. The van der Waals surface area contributed by atoms with E-state index >= 15 is 0 Å². The fourth-order valence-electron chi connectivity index (χ4n) is 1.59. The van der Waals surface area contributed by atoms with Gasteiger partial charge in [-0.15, -0.1) is 11.3 Å². The summed E-state index contributed by atoms with van der Waals surface area (Å²) in [5, 5.41) is 7.16. The summed E-state index contributed by atoms with van der Waals surface area (Å²) in [7, 11) is 0. The Kier molecular flexibility index (Phi) is 5.30. The normalized spacial score (nSPS) is 10.2. The summed E-state index contributed by atoms with van der Waals surface area (Å²) in [6.07, 6.45) is 0.0447. The number of nitrogens with one attached hydrogen (secondary N) is 2. The van der Waals surface area contributed by atoms with Crippen molar-refractivity contribution in [3.63, 3.8) is 0 Å². The van der Waals surface area contributed by atoms with Gasteiger partial charge in [0.1, 0.15) is 5.82 Å². The lowest BCUT2D eigenvalue weighted by Gasteiger charge is -2.07. The zero-order valence-corrected chi connectivity index (χ0v) is 12.4. The van der Waals surface area contributed by atoms with E-state index in [-0.39, 0.29) is 24.6 Å². The van der Waals surface area contributed by atoms with Crippen LogP contribution in [0.4, 0.5) is 10.1 Å². The van der Waals surface area contributed by atoms with Crippen molar-refractivity contribution < 1.29 is 14.0 Å². The molecule has 0 aliphatic heterocycles. The summed E-state index contributed by atoms with van der Waals surface area (Å²) in [5.41, 5.74) is 0.0251. The molecule has 0 radical (unpaired) electrons. The molecular weight excluding hydrogens is 315 g/mol. The van der Waals surface area contributed by atoms with Crippen molar-refractivity contribution in [1.29, 1.82) is 0 Å². The van der Waals surface area contributed by atoms with Crippen molar-refractivity contribution in [3.05, 3.63) is 51.4 Å². The molecule has 0 saturated carbocycles. The molecule has 4 nitrogen and oxygen atoms in total. The molecule has 2 rings (SSSR count). The van der Waals surface area contributed by atoms with Crippen molar-refractivity contribution in [3.8, 4) is 0 Å². The number of hydrogen-bond donors (Lipinski definition) is 2. The minimum absolute atomic E-state index is 0.0251. The number of thiophene rings is 1. The van der Waals surface area contributed by atoms with E-state index in [4.69, 9.17) is 11.6 Å². The van der Waals surface area contributed by atoms with E-state index in [2.05, 4.69) is 10.6 Å². The Morgan fingerprint density at radius 1 is 1.29 bits per heavy atom. The highest BCUT2D eigenvalue weighted by Gasteiger charge is 2.09. The molecule has 0 aliphatic rings. The monoisotopic (exact) mass is 326 g/mol. The average Bonchev–Trinajstić information content (AvgIpc) is 2.97. The zero-order chi connectivity index (χ0) is 15.2. The lowest BCUT2D eigenvalue weighted by Crippen LogP contribution is -2.27. The molecule has 1 heterocycles. The van der Waals surface area contributed by atoms with Gasteiger partial charge in [0.05, 0.1) is 10.6 Å². The molecule has 2 amide bonds. The molecule has 2 N–H and O–H groups in total. The first-order valence-electron chi connectivity index (χ1n) is 6.13. The Bertz CT molecular complexity index is 646. The average molecular weight is 327 g/mol. The minimum atomic E-state index is -0.560. The number of carbonyl (C=O) groups excluding carboxylic acids is 2. The summed E-state index contributed by atoms with van der Waals surface area (Å²) in [5.74, 6) is -1.19. The second-order valence-electron chi connectivity index (χ2n) is 4.16. The third-order valence-electron chi connectivity index (χ3n) is 2.59. The lowest BCUT2D eigenvalue weighted by molar-refractivity contribution is -0.116. The predicted octanol–water partition coefficient (Wildman–Crippen LogP) is 3.30. The summed E-state index contributed by atoms with van der Waals surface area (Å²) in [6.45, 7) is 0.171. The first-order chi connectivity index (χ1) is 10.1. The third-order valence-corrected chi connectivity index (χ3v) is 3.69. The molecule has 110 valence electrons. The van der Waals surface area contributed by atoms with Gasteiger partial charge in [0.2, 0.25) is 5.91 Å². The van der Waals surface area contributed by atoms with E-state index in [1.54, 1.807) is 17.5 Å². The topological polar surface area (TPSA) is 58.2 Å². The molecule has 21 heavy (non-hydrogen) atoms. The van der Waals surface area contributed by atoms with E-state index in [1.807, 2.05) is 0 Å². The fourth-order valence-corrected chi connectivity index (χ4v) is 2.40. The molecule has 1 aromatic carbocycles. The number of anilines is 1. The van der Waals surface area contributed by atoms with Crippen LogP contribution in [0.2, 0.25) is 5.02 Å². The Balaban J connectivity index is 1.80. The minimum Gasteiger partial charge on any atom is -0.351 e. The van der Waals surface area contributed by atoms with Crippen LogP contribution in [-0.4, -0.2) is 18.4 Å². The van der Waals surface area contributed by atoms with Crippen molar-refractivity contribution in [2.45, 2.75) is 6.42 Å². The Morgan fingerprint density at radius 3 is 2.81 bits per heavy atom. The van der Waals surface area contributed by atoms with Crippen LogP contribution >= 0.6 is 22.9 Å². The second kappa shape index (κ2) is 7.19. The quantitative estimate of drug-likeness (QED) is 0.885. The Labute approximate surface area is 129 Å². The molecular formula is C14H12ClFN2O2S. The maximum absolute atomic E-state index is 13.4. The molecule has 0 aliphatic carbocycles. The van der Waals surface area contributed by atoms with Crippen molar-refractivity contribution in [1.82, 2.24) is 5.32 Å². The third kappa shape index (κ3) is 4.54. The van der Waals surface area contributed by atoms with Crippen molar-refractivity contribution in [2.75, 3.05) is 11.9 Å². The van der Waals surface area contributed by atoms with E-state index in [9.17, 15) is 14.0 Å². The Hall–Kier alpha value is -1.92. The van der Waals surface area contributed by atoms with E-state index in [0.29, 0.717) is 9.90 Å². The first-order valence-corrected chi connectivity index (χ1v) is 7.38. The summed E-state index contributed by atoms with van der Waals surface area (Å²) >= 11 is 7.05. The molecule has 0 fully saturated rings.